The molecule has 1 aliphatic carbocycles. The van der Waals surface area contributed by atoms with Gasteiger partial charge in [0.2, 0.25) is 5.91 Å². The zero-order chi connectivity index (χ0) is 23.9. The molecule has 6 nitrogen and oxygen atoms in total. The Bertz CT molecular complexity index is 1220. The fraction of sp³-hybridized carbons (Fsp3) is 0.360. The summed E-state index contributed by atoms with van der Waals surface area (Å²) >= 11 is 0. The van der Waals surface area contributed by atoms with Gasteiger partial charge in [-0.25, -0.2) is 12.8 Å². The van der Waals surface area contributed by atoms with E-state index >= 15 is 4.39 Å². The number of likely N-dealkylation sites (N-methyl/N-ethyl adjacent to an activating group) is 1. The molecule has 0 spiro atoms. The number of rotatable bonds is 5. The molecule has 2 unspecified atom stereocenters. The Morgan fingerprint density at radius 3 is 2.73 bits per heavy atom. The van der Waals surface area contributed by atoms with Crippen molar-refractivity contribution in [3.05, 3.63) is 82.2 Å². The molecule has 0 saturated carbocycles. The molecular weight excluding hydrogens is 443 g/mol. The van der Waals surface area contributed by atoms with Gasteiger partial charge in [0.25, 0.3) is 0 Å². The molecule has 4 rings (SSSR count). The predicted molar refractivity (Wildman–Crippen MR) is 127 cm³/mol. The second kappa shape index (κ2) is 8.91. The van der Waals surface area contributed by atoms with Crippen LogP contribution in [-0.2, 0) is 14.6 Å². The van der Waals surface area contributed by atoms with Crippen LogP contribution in [0, 0.1) is 18.2 Å². The minimum absolute atomic E-state index is 0. The third-order valence-corrected chi connectivity index (χ3v) is 7.31. The smallest absolute Gasteiger partial charge is 0.244 e. The first kappa shape index (κ1) is 23.4. The van der Waals surface area contributed by atoms with Crippen LogP contribution in [0.5, 0.6) is 5.75 Å². The van der Waals surface area contributed by atoms with Gasteiger partial charge in [0.1, 0.15) is 5.76 Å². The van der Waals surface area contributed by atoms with Crippen LogP contribution in [0.15, 0.2) is 64.4 Å². The standard InChI is InChI=1S/C25H28FN2O4S.H2/c1-15(2)17-8-6-10-22(23(17)26)32-21-9-5-7-16(33(4,30)31)13-19(21)20-14-28(3)25(29)24-18(20)11-12-27-24;/h5-10,13-15,18,24,27H,11-12H2,1-4H3;1H. The normalized spacial score (nSPS) is 23.5. The molecule has 3 aliphatic rings. The number of nitrogens with zero attached hydrogens (tertiary/aromatic N) is 1. The van der Waals surface area contributed by atoms with E-state index in [0.717, 1.165) is 18.2 Å². The molecule has 0 aromatic heterocycles. The number of allylic oxidation sites excluding steroid dienone is 4. The van der Waals surface area contributed by atoms with Crippen molar-refractivity contribution in [3.63, 3.8) is 0 Å². The Hall–Kier alpha value is -2.71. The molecule has 2 heterocycles. The van der Waals surface area contributed by atoms with Crippen LogP contribution in [0.1, 0.15) is 33.2 Å². The molecule has 2 atom stereocenters. The number of fused-ring (bicyclic) bond motifs is 1. The molecule has 1 aromatic rings. The summed E-state index contributed by atoms with van der Waals surface area (Å²) in [6.45, 7) is 4.48. The number of carbonyl (C=O) groups is 1. The van der Waals surface area contributed by atoms with Crippen LogP contribution in [0.4, 0.5) is 4.39 Å². The van der Waals surface area contributed by atoms with Gasteiger partial charge in [-0.2, -0.15) is 0 Å². The maximum absolute atomic E-state index is 15.2. The Kier molecular flexibility index (Phi) is 6.33. The van der Waals surface area contributed by atoms with Crippen molar-refractivity contribution in [1.82, 2.24) is 10.2 Å². The van der Waals surface area contributed by atoms with Gasteiger partial charge in [0.15, 0.2) is 21.4 Å². The molecule has 1 saturated heterocycles. The van der Waals surface area contributed by atoms with Gasteiger partial charge in [-0.1, -0.05) is 32.1 Å². The highest BCUT2D eigenvalue weighted by Crippen LogP contribution is 2.40. The van der Waals surface area contributed by atoms with Gasteiger partial charge in [-0.15, -0.1) is 0 Å². The van der Waals surface area contributed by atoms with Crippen molar-refractivity contribution in [2.45, 2.75) is 32.2 Å². The third-order valence-electron chi connectivity index (χ3n) is 6.20. The molecule has 1 aromatic carbocycles. The molecular formula is C25H30FN2O4S. The monoisotopic (exact) mass is 473 g/mol. The Balaban J connectivity index is 0.00000324. The summed E-state index contributed by atoms with van der Waals surface area (Å²) < 4.78 is 46.1. The maximum atomic E-state index is 15.2. The summed E-state index contributed by atoms with van der Waals surface area (Å²) in [5.41, 5.74) is 1.84. The lowest BCUT2D eigenvalue weighted by Gasteiger charge is -2.32. The van der Waals surface area contributed by atoms with E-state index in [1.54, 1.807) is 50.0 Å². The van der Waals surface area contributed by atoms with Crippen LogP contribution in [0.3, 0.4) is 0 Å². The van der Waals surface area contributed by atoms with Crippen LogP contribution in [0.2, 0.25) is 0 Å². The first-order chi connectivity index (χ1) is 15.6. The average molecular weight is 474 g/mol. The number of benzene rings is 1. The highest BCUT2D eigenvalue weighted by atomic mass is 32.2. The van der Waals surface area contributed by atoms with Crippen molar-refractivity contribution >= 4 is 15.7 Å². The van der Waals surface area contributed by atoms with E-state index in [9.17, 15) is 13.2 Å². The lowest BCUT2D eigenvalue weighted by molar-refractivity contribution is -0.130. The molecule has 0 bridgehead atoms. The minimum Gasteiger partial charge on any atom is -0.454 e. The average Bonchev–Trinajstić information content (AvgIpc) is 3.13. The number of sulfone groups is 1. The van der Waals surface area contributed by atoms with E-state index in [0.29, 0.717) is 23.4 Å². The third kappa shape index (κ3) is 4.54. The van der Waals surface area contributed by atoms with Gasteiger partial charge in [0.05, 0.1) is 10.9 Å². The van der Waals surface area contributed by atoms with E-state index in [-0.39, 0.29) is 29.8 Å². The number of halogens is 1. The van der Waals surface area contributed by atoms with Gasteiger partial charge >= 0.3 is 0 Å². The van der Waals surface area contributed by atoms with Gasteiger partial charge < -0.3 is 15.0 Å². The van der Waals surface area contributed by atoms with Crippen molar-refractivity contribution in [3.8, 4) is 5.75 Å². The molecule has 177 valence electrons. The van der Waals surface area contributed by atoms with Crippen molar-refractivity contribution in [2.24, 2.45) is 5.92 Å². The molecule has 33 heavy (non-hydrogen) atoms. The summed E-state index contributed by atoms with van der Waals surface area (Å²) in [5.74, 6) is -0.261. The SMILES string of the molecule is CC(C)c1cccc(OC2=C[CH]C=C(S(C)(=O)=O)C=C2C2=CN(C)C(=O)C3NCCC23)c1F.[HH]. The van der Waals surface area contributed by atoms with Gasteiger partial charge in [0, 0.05) is 38.8 Å². The van der Waals surface area contributed by atoms with E-state index in [4.69, 9.17) is 4.74 Å². The first-order valence-corrected chi connectivity index (χ1v) is 12.8. The number of hydrogen-bond acceptors (Lipinski definition) is 5. The topological polar surface area (TPSA) is 75.7 Å². The summed E-state index contributed by atoms with van der Waals surface area (Å²) in [7, 11) is -1.85. The van der Waals surface area contributed by atoms with Crippen molar-refractivity contribution in [2.75, 3.05) is 19.8 Å². The number of carbonyl (C=O) groups excluding carboxylic acids is 1. The Labute approximate surface area is 195 Å². The lowest BCUT2D eigenvalue weighted by atomic mass is 9.83. The molecule has 1 radical (unpaired) electrons. The van der Waals surface area contributed by atoms with E-state index in [2.05, 4.69) is 5.32 Å². The molecule has 8 heteroatoms. The quantitative estimate of drug-likeness (QED) is 0.703. The largest absolute Gasteiger partial charge is 0.454 e. The molecule has 2 aliphatic heterocycles. The highest BCUT2D eigenvalue weighted by Gasteiger charge is 2.42. The lowest BCUT2D eigenvalue weighted by Crippen LogP contribution is -2.47. The first-order valence-electron chi connectivity index (χ1n) is 10.9. The zero-order valence-electron chi connectivity index (χ0n) is 19.1. The molecule has 1 fully saturated rings. The van der Waals surface area contributed by atoms with Gasteiger partial charge in [-0.3, -0.25) is 4.79 Å². The van der Waals surface area contributed by atoms with Gasteiger partial charge in [-0.05, 0) is 48.2 Å². The van der Waals surface area contributed by atoms with Crippen molar-refractivity contribution in [1.29, 1.82) is 0 Å². The number of amides is 1. The van der Waals surface area contributed by atoms with Crippen LogP contribution < -0.4 is 10.1 Å². The number of hydrogen-bond donors (Lipinski definition) is 1. The molecule has 1 amide bonds. The minimum atomic E-state index is -3.52. The Morgan fingerprint density at radius 2 is 2.03 bits per heavy atom. The number of ether oxygens (including phenoxy) is 1. The summed E-state index contributed by atoms with van der Waals surface area (Å²) in [6, 6.07) is 4.62. The predicted octanol–water partition coefficient (Wildman–Crippen LogP) is 3.86. The Morgan fingerprint density at radius 1 is 1.27 bits per heavy atom. The van der Waals surface area contributed by atoms with Crippen LogP contribution >= 0.6 is 0 Å². The summed E-state index contributed by atoms with van der Waals surface area (Å²) in [4.78, 5) is 14.3. The summed E-state index contributed by atoms with van der Waals surface area (Å²) in [6.07, 6.45) is 9.87. The second-order valence-corrected chi connectivity index (χ2v) is 10.9. The second-order valence-electron chi connectivity index (χ2n) is 8.90. The highest BCUT2D eigenvalue weighted by molar-refractivity contribution is 7.94. The van der Waals surface area contributed by atoms with E-state index in [1.807, 2.05) is 13.8 Å². The van der Waals surface area contributed by atoms with E-state index in [1.165, 1.54) is 11.0 Å². The van der Waals surface area contributed by atoms with E-state index < -0.39 is 21.7 Å². The van der Waals surface area contributed by atoms with Crippen molar-refractivity contribution < 1.29 is 23.8 Å². The van der Waals surface area contributed by atoms with Crippen LogP contribution in [-0.4, -0.2) is 45.1 Å². The molecule has 1 N–H and O–H groups in total. The summed E-state index contributed by atoms with van der Waals surface area (Å²) in [5, 5.41) is 3.24. The number of nitrogens with one attached hydrogen (secondary N) is 1. The fourth-order valence-corrected chi connectivity index (χ4v) is 5.11. The van der Waals surface area contributed by atoms with Crippen LogP contribution in [0.25, 0.3) is 0 Å². The fourth-order valence-electron chi connectivity index (χ4n) is 4.45. The zero-order valence-corrected chi connectivity index (χ0v) is 19.9. The maximum Gasteiger partial charge on any atom is 0.244 e.